The molecule has 0 saturated carbocycles. The second-order valence-corrected chi connectivity index (χ2v) is 3.03. The Morgan fingerprint density at radius 1 is 1.54 bits per heavy atom. The van der Waals surface area contributed by atoms with Crippen molar-refractivity contribution in [2.75, 3.05) is 5.73 Å². The first-order valence-corrected chi connectivity index (χ1v) is 3.94. The van der Waals surface area contributed by atoms with Gasteiger partial charge in [-0.3, -0.25) is 4.79 Å². The molecule has 0 aromatic carbocycles. The Bertz CT molecular complexity index is 523. The molecule has 0 unspecified atom stereocenters. The van der Waals surface area contributed by atoms with Gasteiger partial charge in [-0.2, -0.15) is 5.10 Å². The van der Waals surface area contributed by atoms with Crippen molar-refractivity contribution in [1.29, 1.82) is 0 Å². The molecule has 2 aromatic rings. The monoisotopic (exact) mass is 178 g/mol. The minimum Gasteiger partial charge on any atom is -0.383 e. The van der Waals surface area contributed by atoms with Crippen LogP contribution in [0.2, 0.25) is 0 Å². The summed E-state index contributed by atoms with van der Waals surface area (Å²) in [5, 5.41) is 4.17. The molecule has 68 valence electrons. The predicted molar refractivity (Wildman–Crippen MR) is 49.7 cm³/mol. The molecule has 0 bridgehead atoms. The molecule has 0 aliphatic rings. The lowest BCUT2D eigenvalue weighted by atomic mass is 10.3. The number of nitrogens with one attached hydrogen (secondary N) is 1. The van der Waals surface area contributed by atoms with Gasteiger partial charge in [0.1, 0.15) is 11.5 Å². The third-order valence-electron chi connectivity index (χ3n) is 2.12. The molecule has 0 amide bonds. The van der Waals surface area contributed by atoms with E-state index in [-0.39, 0.29) is 5.56 Å². The molecule has 0 fully saturated rings. The quantitative estimate of drug-likeness (QED) is 0.606. The van der Waals surface area contributed by atoms with Gasteiger partial charge in [0.15, 0.2) is 0 Å². The van der Waals surface area contributed by atoms with E-state index < -0.39 is 0 Å². The third kappa shape index (κ3) is 1.00. The van der Waals surface area contributed by atoms with Gasteiger partial charge in [-0.15, -0.1) is 0 Å². The van der Waals surface area contributed by atoms with Crippen molar-refractivity contribution < 1.29 is 0 Å². The Labute approximate surface area is 74.2 Å². The molecule has 2 aromatic heterocycles. The van der Waals surface area contributed by atoms with Gasteiger partial charge in [-0.1, -0.05) is 0 Å². The van der Waals surface area contributed by atoms with E-state index in [4.69, 9.17) is 5.73 Å². The average Bonchev–Trinajstić information content (AvgIpc) is 2.32. The Hall–Kier alpha value is -1.78. The summed E-state index contributed by atoms with van der Waals surface area (Å²) in [4.78, 5) is 13.8. The highest BCUT2D eigenvalue weighted by molar-refractivity contribution is 5.52. The number of nitrogens with two attached hydrogens (primary N) is 1. The molecule has 3 N–H and O–H groups in total. The van der Waals surface area contributed by atoms with E-state index in [1.807, 2.05) is 13.8 Å². The van der Waals surface area contributed by atoms with Crippen LogP contribution >= 0.6 is 0 Å². The molecule has 5 nitrogen and oxygen atoms in total. The maximum Gasteiger partial charge on any atom is 0.253 e. The van der Waals surface area contributed by atoms with Crippen LogP contribution < -0.4 is 11.3 Å². The molecule has 2 rings (SSSR count). The molecule has 5 heteroatoms. The fourth-order valence-electron chi connectivity index (χ4n) is 1.29. The maximum absolute atomic E-state index is 11.1. The largest absolute Gasteiger partial charge is 0.383 e. The van der Waals surface area contributed by atoms with Crippen molar-refractivity contribution in [3.63, 3.8) is 0 Å². The first-order valence-electron chi connectivity index (χ1n) is 3.94. The number of hydrogen-bond donors (Lipinski definition) is 2. The fourth-order valence-corrected chi connectivity index (χ4v) is 1.29. The number of nitrogen functional groups attached to an aromatic ring is 1. The number of aryl methyl sites for hydroxylation is 2. The zero-order valence-corrected chi connectivity index (χ0v) is 7.46. The van der Waals surface area contributed by atoms with Crippen LogP contribution in [0.25, 0.3) is 5.65 Å². The molecule has 2 heterocycles. The van der Waals surface area contributed by atoms with Gasteiger partial charge in [0.05, 0.1) is 5.69 Å². The number of H-pyrrole nitrogens is 1. The summed E-state index contributed by atoms with van der Waals surface area (Å²) in [7, 11) is 0. The number of anilines is 1. The molecule has 0 radical (unpaired) electrons. The third-order valence-corrected chi connectivity index (χ3v) is 2.12. The number of hydrogen-bond acceptors (Lipinski definition) is 3. The highest BCUT2D eigenvalue weighted by Gasteiger charge is 2.07. The summed E-state index contributed by atoms with van der Waals surface area (Å²) in [6.07, 6.45) is 0. The molecular formula is C8H10N4O. The van der Waals surface area contributed by atoms with E-state index in [1.54, 1.807) is 0 Å². The maximum atomic E-state index is 11.1. The molecular weight excluding hydrogens is 168 g/mol. The van der Waals surface area contributed by atoms with Gasteiger partial charge < -0.3 is 10.7 Å². The van der Waals surface area contributed by atoms with Crippen molar-refractivity contribution in [2.24, 2.45) is 0 Å². The second kappa shape index (κ2) is 2.35. The van der Waals surface area contributed by atoms with Gasteiger partial charge in [-0.05, 0) is 13.8 Å². The lowest BCUT2D eigenvalue weighted by Gasteiger charge is -1.96. The minimum atomic E-state index is -0.201. The van der Waals surface area contributed by atoms with Crippen molar-refractivity contribution in [2.45, 2.75) is 13.8 Å². The SMILES string of the molecule is Cc1nn2c(N)cc(=O)[nH]c2c1C. The van der Waals surface area contributed by atoms with Gasteiger partial charge in [0.25, 0.3) is 5.56 Å². The van der Waals surface area contributed by atoms with E-state index in [1.165, 1.54) is 10.6 Å². The minimum absolute atomic E-state index is 0.201. The highest BCUT2D eigenvalue weighted by Crippen LogP contribution is 2.11. The molecule has 0 atom stereocenters. The summed E-state index contributed by atoms with van der Waals surface area (Å²) in [5.41, 5.74) is 7.91. The number of fused-ring (bicyclic) bond motifs is 1. The van der Waals surface area contributed by atoms with Crippen LogP contribution in [0.4, 0.5) is 5.82 Å². The predicted octanol–water partition coefficient (Wildman–Crippen LogP) is 0.222. The summed E-state index contributed by atoms with van der Waals surface area (Å²) >= 11 is 0. The van der Waals surface area contributed by atoms with E-state index in [0.717, 1.165) is 11.3 Å². The van der Waals surface area contributed by atoms with E-state index in [0.29, 0.717) is 11.5 Å². The number of aromatic amines is 1. The van der Waals surface area contributed by atoms with Crippen molar-refractivity contribution in [3.8, 4) is 0 Å². The van der Waals surface area contributed by atoms with Crippen LogP contribution in [0.3, 0.4) is 0 Å². The Kier molecular flexibility index (Phi) is 1.42. The van der Waals surface area contributed by atoms with Crippen LogP contribution in [0.15, 0.2) is 10.9 Å². The van der Waals surface area contributed by atoms with Gasteiger partial charge >= 0.3 is 0 Å². The molecule has 0 aliphatic heterocycles. The molecule has 0 aliphatic carbocycles. The van der Waals surface area contributed by atoms with Gasteiger partial charge in [0.2, 0.25) is 0 Å². The van der Waals surface area contributed by atoms with Crippen LogP contribution in [0.1, 0.15) is 11.3 Å². The lowest BCUT2D eigenvalue weighted by Crippen LogP contribution is -2.11. The van der Waals surface area contributed by atoms with Crippen molar-refractivity contribution in [3.05, 3.63) is 27.7 Å². The summed E-state index contributed by atoms with van der Waals surface area (Å²) in [6, 6.07) is 1.32. The summed E-state index contributed by atoms with van der Waals surface area (Å²) < 4.78 is 1.53. The number of aromatic nitrogens is 3. The first-order chi connectivity index (χ1) is 6.09. The van der Waals surface area contributed by atoms with Crippen molar-refractivity contribution >= 4 is 11.5 Å². The molecule has 13 heavy (non-hydrogen) atoms. The summed E-state index contributed by atoms with van der Waals surface area (Å²) in [5.74, 6) is 0.356. The molecule has 0 saturated heterocycles. The topological polar surface area (TPSA) is 76.2 Å². The molecule has 0 spiro atoms. The zero-order chi connectivity index (χ0) is 9.59. The zero-order valence-electron chi connectivity index (χ0n) is 7.46. The Morgan fingerprint density at radius 2 is 2.23 bits per heavy atom. The number of nitrogens with zero attached hydrogens (tertiary/aromatic N) is 2. The average molecular weight is 178 g/mol. The Balaban J connectivity index is 3.03. The first kappa shape index (κ1) is 7.85. The van der Waals surface area contributed by atoms with Crippen LogP contribution in [-0.4, -0.2) is 14.6 Å². The van der Waals surface area contributed by atoms with Crippen LogP contribution in [0.5, 0.6) is 0 Å². The van der Waals surface area contributed by atoms with Crippen LogP contribution in [0, 0.1) is 13.8 Å². The van der Waals surface area contributed by atoms with E-state index in [2.05, 4.69) is 10.1 Å². The number of rotatable bonds is 0. The van der Waals surface area contributed by atoms with Gasteiger partial charge in [-0.25, -0.2) is 4.52 Å². The van der Waals surface area contributed by atoms with Crippen molar-refractivity contribution in [1.82, 2.24) is 14.6 Å². The smallest absolute Gasteiger partial charge is 0.253 e. The second-order valence-electron chi connectivity index (χ2n) is 3.03. The summed E-state index contributed by atoms with van der Waals surface area (Å²) in [6.45, 7) is 3.77. The van der Waals surface area contributed by atoms with E-state index in [9.17, 15) is 4.79 Å². The highest BCUT2D eigenvalue weighted by atomic mass is 16.1. The van der Waals surface area contributed by atoms with Gasteiger partial charge in [0, 0.05) is 11.6 Å². The van der Waals surface area contributed by atoms with E-state index >= 15 is 0 Å². The standard InChI is InChI=1S/C8H10N4O/c1-4-5(2)11-12-6(9)3-7(13)10-8(4)12/h3H,9H2,1-2H3,(H,10,13). The normalized spacial score (nSPS) is 10.9. The Morgan fingerprint density at radius 3 is 2.92 bits per heavy atom. The lowest BCUT2D eigenvalue weighted by molar-refractivity contribution is 0.922. The van der Waals surface area contributed by atoms with Crippen LogP contribution in [-0.2, 0) is 0 Å². The fraction of sp³-hybridized carbons (Fsp3) is 0.250.